The first-order chi connectivity index (χ1) is 8.90. The highest BCUT2D eigenvalue weighted by Gasteiger charge is 2.17. The van der Waals surface area contributed by atoms with Gasteiger partial charge in [-0.15, -0.1) is 11.3 Å². The first-order valence-electron chi connectivity index (χ1n) is 7.20. The lowest BCUT2D eigenvalue weighted by atomic mass is 9.83. The fourth-order valence-electron chi connectivity index (χ4n) is 2.68. The summed E-state index contributed by atoms with van der Waals surface area (Å²) in [5.41, 5.74) is 3.51. The Kier molecular flexibility index (Phi) is 5.88. The summed E-state index contributed by atoms with van der Waals surface area (Å²) in [6.07, 6.45) is 12.5. The fourth-order valence-corrected chi connectivity index (χ4v) is 3.26. The molecule has 0 saturated heterocycles. The predicted octanol–water partition coefficient (Wildman–Crippen LogP) is 4.11. The Morgan fingerprint density at radius 2 is 2.28 bits per heavy atom. The summed E-state index contributed by atoms with van der Waals surface area (Å²) in [7, 11) is 0. The molecule has 0 aliphatic heterocycles. The molecule has 18 heavy (non-hydrogen) atoms. The minimum Gasteiger partial charge on any atom is -0.313 e. The standard InChI is InChI=1S/C15H24N2S/c1-2-8-16-10-14(9-15-11-17-12-18-15)13-6-4-3-5-7-13/h9,11-13,16H,2-8,10H2,1H3. The molecule has 100 valence electrons. The Labute approximate surface area is 115 Å². The Hall–Kier alpha value is -0.670. The zero-order valence-electron chi connectivity index (χ0n) is 11.3. The molecular formula is C15H24N2S. The van der Waals surface area contributed by atoms with Crippen LogP contribution < -0.4 is 5.32 Å². The summed E-state index contributed by atoms with van der Waals surface area (Å²) in [6.45, 7) is 4.39. The summed E-state index contributed by atoms with van der Waals surface area (Å²) in [5, 5.41) is 3.56. The molecule has 1 N–H and O–H groups in total. The number of nitrogens with one attached hydrogen (secondary N) is 1. The molecule has 1 aromatic heterocycles. The summed E-state index contributed by atoms with van der Waals surface area (Å²) in [5.74, 6) is 0.796. The predicted molar refractivity (Wildman–Crippen MR) is 79.8 cm³/mol. The maximum atomic E-state index is 4.17. The Balaban J connectivity index is 2.01. The van der Waals surface area contributed by atoms with Crippen molar-refractivity contribution < 1.29 is 0 Å². The fraction of sp³-hybridized carbons (Fsp3) is 0.667. The van der Waals surface area contributed by atoms with E-state index < -0.39 is 0 Å². The van der Waals surface area contributed by atoms with Crippen molar-refractivity contribution in [3.63, 3.8) is 0 Å². The Morgan fingerprint density at radius 3 is 2.94 bits per heavy atom. The first kappa shape index (κ1) is 13.8. The minimum atomic E-state index is 0.796. The van der Waals surface area contributed by atoms with Crippen LogP contribution in [-0.4, -0.2) is 18.1 Å². The van der Waals surface area contributed by atoms with Gasteiger partial charge in [-0.25, -0.2) is 0 Å². The molecule has 2 rings (SSSR count). The van der Waals surface area contributed by atoms with E-state index in [0.29, 0.717) is 0 Å². The van der Waals surface area contributed by atoms with Crippen molar-refractivity contribution in [1.82, 2.24) is 10.3 Å². The maximum Gasteiger partial charge on any atom is 0.0797 e. The van der Waals surface area contributed by atoms with Crippen molar-refractivity contribution in [2.75, 3.05) is 13.1 Å². The van der Waals surface area contributed by atoms with Gasteiger partial charge in [-0.1, -0.05) is 31.8 Å². The summed E-state index contributed by atoms with van der Waals surface area (Å²) in [4.78, 5) is 5.47. The molecule has 0 aromatic carbocycles. The molecule has 0 amide bonds. The van der Waals surface area contributed by atoms with Gasteiger partial charge in [0, 0.05) is 17.6 Å². The van der Waals surface area contributed by atoms with Crippen LogP contribution in [0.3, 0.4) is 0 Å². The van der Waals surface area contributed by atoms with Gasteiger partial charge in [-0.2, -0.15) is 0 Å². The average molecular weight is 264 g/mol. The van der Waals surface area contributed by atoms with Crippen LogP contribution in [0, 0.1) is 5.92 Å². The van der Waals surface area contributed by atoms with E-state index in [2.05, 4.69) is 23.3 Å². The smallest absolute Gasteiger partial charge is 0.0797 e. The van der Waals surface area contributed by atoms with E-state index >= 15 is 0 Å². The molecule has 1 heterocycles. The normalized spacial score (nSPS) is 18.2. The van der Waals surface area contributed by atoms with Crippen LogP contribution in [0.15, 0.2) is 17.3 Å². The van der Waals surface area contributed by atoms with Crippen LogP contribution in [0.5, 0.6) is 0 Å². The molecule has 1 aromatic rings. The van der Waals surface area contributed by atoms with Gasteiger partial charge in [0.15, 0.2) is 0 Å². The molecule has 0 radical (unpaired) electrons. The van der Waals surface area contributed by atoms with Gasteiger partial charge in [0.05, 0.1) is 5.51 Å². The molecule has 0 spiro atoms. The van der Waals surface area contributed by atoms with Gasteiger partial charge in [0.25, 0.3) is 0 Å². The van der Waals surface area contributed by atoms with Gasteiger partial charge in [-0.05, 0) is 37.8 Å². The van der Waals surface area contributed by atoms with E-state index in [1.165, 1.54) is 43.4 Å². The second-order valence-electron chi connectivity index (χ2n) is 5.13. The zero-order valence-corrected chi connectivity index (χ0v) is 12.1. The second kappa shape index (κ2) is 7.70. The highest BCUT2D eigenvalue weighted by molar-refractivity contribution is 7.10. The van der Waals surface area contributed by atoms with Crippen molar-refractivity contribution in [2.24, 2.45) is 5.92 Å². The van der Waals surface area contributed by atoms with E-state index in [9.17, 15) is 0 Å². The number of thiazole rings is 1. The molecule has 0 bridgehead atoms. The highest BCUT2D eigenvalue weighted by atomic mass is 32.1. The van der Waals surface area contributed by atoms with Gasteiger partial charge in [0.1, 0.15) is 0 Å². The number of rotatable bonds is 6. The molecule has 1 aliphatic carbocycles. The van der Waals surface area contributed by atoms with Crippen molar-refractivity contribution in [1.29, 1.82) is 0 Å². The van der Waals surface area contributed by atoms with E-state index in [0.717, 1.165) is 19.0 Å². The third-order valence-corrected chi connectivity index (χ3v) is 4.39. The quantitative estimate of drug-likeness (QED) is 0.782. The van der Waals surface area contributed by atoms with E-state index in [1.54, 1.807) is 16.9 Å². The molecular weight excluding hydrogens is 240 g/mol. The van der Waals surface area contributed by atoms with Crippen molar-refractivity contribution >= 4 is 17.4 Å². The van der Waals surface area contributed by atoms with Gasteiger partial charge >= 0.3 is 0 Å². The summed E-state index contributed by atoms with van der Waals surface area (Å²) < 4.78 is 0. The number of hydrogen-bond acceptors (Lipinski definition) is 3. The van der Waals surface area contributed by atoms with Crippen molar-refractivity contribution in [3.05, 3.63) is 22.2 Å². The number of nitrogens with zero attached hydrogens (tertiary/aromatic N) is 1. The van der Waals surface area contributed by atoms with Crippen LogP contribution >= 0.6 is 11.3 Å². The third-order valence-electron chi connectivity index (χ3n) is 3.66. The second-order valence-corrected chi connectivity index (χ2v) is 6.05. The summed E-state index contributed by atoms with van der Waals surface area (Å²) >= 11 is 1.74. The molecule has 1 saturated carbocycles. The van der Waals surface area contributed by atoms with E-state index in [4.69, 9.17) is 0 Å². The Bertz CT molecular complexity index is 351. The van der Waals surface area contributed by atoms with Crippen LogP contribution in [0.1, 0.15) is 50.3 Å². The zero-order chi connectivity index (χ0) is 12.6. The lowest BCUT2D eigenvalue weighted by Gasteiger charge is -2.25. The lowest BCUT2D eigenvalue weighted by Crippen LogP contribution is -2.22. The average Bonchev–Trinajstić information content (AvgIpc) is 2.92. The maximum absolute atomic E-state index is 4.17. The SMILES string of the molecule is CCCNCC(=Cc1cncs1)C1CCCCC1. The van der Waals surface area contributed by atoms with Gasteiger partial charge in [-0.3, -0.25) is 4.98 Å². The molecule has 1 fully saturated rings. The monoisotopic (exact) mass is 264 g/mol. The molecule has 2 nitrogen and oxygen atoms in total. The topological polar surface area (TPSA) is 24.9 Å². The lowest BCUT2D eigenvalue weighted by molar-refractivity contribution is 0.397. The van der Waals surface area contributed by atoms with Crippen LogP contribution in [0.4, 0.5) is 0 Å². The molecule has 3 heteroatoms. The number of hydrogen-bond donors (Lipinski definition) is 1. The molecule has 0 atom stereocenters. The van der Waals surface area contributed by atoms with E-state index in [1.807, 2.05) is 11.7 Å². The third kappa shape index (κ3) is 4.21. The minimum absolute atomic E-state index is 0.796. The van der Waals surface area contributed by atoms with Crippen LogP contribution in [-0.2, 0) is 0 Å². The van der Waals surface area contributed by atoms with Crippen molar-refractivity contribution in [2.45, 2.75) is 45.4 Å². The largest absolute Gasteiger partial charge is 0.313 e. The first-order valence-corrected chi connectivity index (χ1v) is 8.07. The highest BCUT2D eigenvalue weighted by Crippen LogP contribution is 2.30. The van der Waals surface area contributed by atoms with Crippen molar-refractivity contribution in [3.8, 4) is 0 Å². The summed E-state index contributed by atoms with van der Waals surface area (Å²) in [6, 6.07) is 0. The van der Waals surface area contributed by atoms with E-state index in [-0.39, 0.29) is 0 Å². The Morgan fingerprint density at radius 1 is 1.44 bits per heavy atom. The molecule has 0 unspecified atom stereocenters. The molecule has 1 aliphatic rings. The number of aromatic nitrogens is 1. The van der Waals surface area contributed by atoms with Gasteiger partial charge < -0.3 is 5.32 Å². The van der Waals surface area contributed by atoms with Crippen LogP contribution in [0.2, 0.25) is 0 Å². The van der Waals surface area contributed by atoms with Crippen LogP contribution in [0.25, 0.3) is 6.08 Å². The van der Waals surface area contributed by atoms with Gasteiger partial charge in [0.2, 0.25) is 0 Å².